The van der Waals surface area contributed by atoms with Crippen molar-refractivity contribution in [1.29, 1.82) is 5.26 Å². The van der Waals surface area contributed by atoms with Gasteiger partial charge in [0, 0.05) is 6.08 Å². The largest absolute Gasteiger partial charge is 0.193 e. The van der Waals surface area contributed by atoms with E-state index in [0.717, 1.165) is 23.7 Å². The van der Waals surface area contributed by atoms with Crippen molar-refractivity contribution in [2.45, 2.75) is 110 Å². The van der Waals surface area contributed by atoms with Gasteiger partial charge in [-0.2, -0.15) is 5.26 Å². The summed E-state index contributed by atoms with van der Waals surface area (Å²) in [4.78, 5) is 0. The summed E-state index contributed by atoms with van der Waals surface area (Å²) in [5, 5.41) is 8.50. The molecule has 0 bridgehead atoms. The molecule has 0 aromatic heterocycles. The molecule has 1 heteroatoms. The minimum atomic E-state index is 0.747. The van der Waals surface area contributed by atoms with Crippen LogP contribution in [0.3, 0.4) is 0 Å². The fourth-order valence-electron chi connectivity index (χ4n) is 5.35. The minimum Gasteiger partial charge on any atom is -0.193 e. The molecule has 0 atom stereocenters. The van der Waals surface area contributed by atoms with Crippen molar-refractivity contribution < 1.29 is 0 Å². The van der Waals surface area contributed by atoms with Crippen LogP contribution in [0.4, 0.5) is 0 Å². The molecule has 27 heavy (non-hydrogen) atoms. The summed E-state index contributed by atoms with van der Waals surface area (Å²) in [6.07, 6.45) is 31.1. The second-order valence-corrected chi connectivity index (χ2v) is 9.32. The van der Waals surface area contributed by atoms with E-state index in [-0.39, 0.29) is 0 Å². The normalized spacial score (nSPS) is 29.3. The first-order valence-electron chi connectivity index (χ1n) is 12.0. The molecule has 2 fully saturated rings. The van der Waals surface area contributed by atoms with Crippen LogP contribution in [0, 0.1) is 35.0 Å². The van der Waals surface area contributed by atoms with Crippen LogP contribution in [0.2, 0.25) is 0 Å². The maximum absolute atomic E-state index is 8.50. The number of unbranched alkanes of at least 4 members (excludes halogenated alkanes) is 3. The van der Waals surface area contributed by atoms with Crippen molar-refractivity contribution in [2.24, 2.45) is 23.7 Å². The van der Waals surface area contributed by atoms with Gasteiger partial charge in [-0.3, -0.25) is 0 Å². The van der Waals surface area contributed by atoms with Crippen molar-refractivity contribution in [3.63, 3.8) is 0 Å². The first-order chi connectivity index (χ1) is 13.3. The standard InChI is InChI=1S/C26H43N/c1-2-3-5-10-23-14-18-25(19-15-23)12-7-8-13-26-20-16-24(17-21-26)11-6-4-9-22-27/h4,6,9,11,23-26H,2-3,5,7-8,10,12-21H2,1H3/t23-,24?,25-,26?. The van der Waals surface area contributed by atoms with E-state index in [1.54, 1.807) is 6.08 Å². The minimum absolute atomic E-state index is 0.747. The molecule has 152 valence electrons. The molecule has 0 aliphatic heterocycles. The lowest BCUT2D eigenvalue weighted by Gasteiger charge is -2.29. The Morgan fingerprint density at radius 1 is 0.704 bits per heavy atom. The molecule has 0 N–H and O–H groups in total. The van der Waals surface area contributed by atoms with Gasteiger partial charge >= 0.3 is 0 Å². The van der Waals surface area contributed by atoms with Gasteiger partial charge in [-0.1, -0.05) is 102 Å². The van der Waals surface area contributed by atoms with Crippen molar-refractivity contribution in [2.75, 3.05) is 0 Å². The second-order valence-electron chi connectivity index (χ2n) is 9.32. The first-order valence-corrected chi connectivity index (χ1v) is 12.0. The molecule has 0 saturated heterocycles. The van der Waals surface area contributed by atoms with Crippen molar-refractivity contribution in [3.8, 4) is 6.07 Å². The Labute approximate surface area is 169 Å². The molecule has 2 aliphatic carbocycles. The molecule has 0 aromatic carbocycles. The zero-order valence-corrected chi connectivity index (χ0v) is 17.9. The average molecular weight is 370 g/mol. The van der Waals surface area contributed by atoms with E-state index in [4.69, 9.17) is 5.26 Å². The third-order valence-corrected chi connectivity index (χ3v) is 7.21. The highest BCUT2D eigenvalue weighted by Gasteiger charge is 2.21. The van der Waals surface area contributed by atoms with Crippen LogP contribution < -0.4 is 0 Å². The molecule has 0 radical (unpaired) electrons. The zero-order chi connectivity index (χ0) is 19.2. The van der Waals surface area contributed by atoms with E-state index < -0.39 is 0 Å². The molecule has 0 aromatic rings. The third-order valence-electron chi connectivity index (χ3n) is 7.21. The van der Waals surface area contributed by atoms with Gasteiger partial charge in [0.2, 0.25) is 0 Å². The predicted octanol–water partition coefficient (Wildman–Crippen LogP) is 8.38. The van der Waals surface area contributed by atoms with Crippen LogP contribution in [0.5, 0.6) is 0 Å². The lowest BCUT2D eigenvalue weighted by atomic mass is 9.77. The Morgan fingerprint density at radius 3 is 1.67 bits per heavy atom. The van der Waals surface area contributed by atoms with Gasteiger partial charge < -0.3 is 0 Å². The Kier molecular flexibility index (Phi) is 11.6. The van der Waals surface area contributed by atoms with Crippen LogP contribution in [-0.2, 0) is 0 Å². The van der Waals surface area contributed by atoms with Gasteiger partial charge in [-0.15, -0.1) is 0 Å². The SMILES string of the molecule is CCCCC[C@H]1CC[C@H](CCCCC2CCC(C=CC=CC#N)CC2)CC1. The van der Waals surface area contributed by atoms with Crippen LogP contribution >= 0.6 is 0 Å². The molecule has 2 saturated carbocycles. The number of nitriles is 1. The highest BCUT2D eigenvalue weighted by molar-refractivity contribution is 5.12. The topological polar surface area (TPSA) is 23.8 Å². The molecule has 2 rings (SSSR count). The Hall–Kier alpha value is -1.03. The quantitative estimate of drug-likeness (QED) is 0.204. The number of hydrogen-bond donors (Lipinski definition) is 0. The molecule has 1 nitrogen and oxygen atoms in total. The Bertz CT molecular complexity index is 453. The van der Waals surface area contributed by atoms with E-state index in [0.29, 0.717) is 0 Å². The van der Waals surface area contributed by atoms with Crippen LogP contribution in [-0.4, -0.2) is 0 Å². The van der Waals surface area contributed by atoms with Crippen LogP contribution in [0.1, 0.15) is 110 Å². The third kappa shape index (κ3) is 9.64. The molecular formula is C26H43N. The van der Waals surface area contributed by atoms with Crippen LogP contribution in [0.25, 0.3) is 0 Å². The molecular weight excluding hydrogens is 326 g/mol. The van der Waals surface area contributed by atoms with E-state index in [9.17, 15) is 0 Å². The number of rotatable bonds is 11. The van der Waals surface area contributed by atoms with Gasteiger partial charge in [-0.25, -0.2) is 0 Å². The number of allylic oxidation sites excluding steroid dienone is 4. The van der Waals surface area contributed by atoms with Crippen molar-refractivity contribution >= 4 is 0 Å². The van der Waals surface area contributed by atoms with Crippen molar-refractivity contribution in [1.82, 2.24) is 0 Å². The highest BCUT2D eigenvalue weighted by Crippen LogP contribution is 2.36. The maximum atomic E-state index is 8.50. The van der Waals surface area contributed by atoms with Gasteiger partial charge in [0.25, 0.3) is 0 Å². The first kappa shape index (κ1) is 22.3. The lowest BCUT2D eigenvalue weighted by molar-refractivity contribution is 0.239. The Morgan fingerprint density at radius 2 is 1.19 bits per heavy atom. The summed E-state index contributed by atoms with van der Waals surface area (Å²) in [5.74, 6) is 3.85. The average Bonchev–Trinajstić information content (AvgIpc) is 2.71. The highest BCUT2D eigenvalue weighted by atomic mass is 14.3. The number of nitrogens with zero attached hydrogens (tertiary/aromatic N) is 1. The summed E-state index contributed by atoms with van der Waals surface area (Å²) < 4.78 is 0. The number of hydrogen-bond acceptors (Lipinski definition) is 1. The summed E-state index contributed by atoms with van der Waals surface area (Å²) in [7, 11) is 0. The fourth-order valence-corrected chi connectivity index (χ4v) is 5.35. The fraction of sp³-hybridized carbons (Fsp3) is 0.808. The zero-order valence-electron chi connectivity index (χ0n) is 17.9. The van der Waals surface area contributed by atoms with Gasteiger partial charge in [-0.05, 0) is 49.4 Å². The Balaban J connectivity index is 1.47. The molecule has 2 aliphatic rings. The van der Waals surface area contributed by atoms with E-state index in [2.05, 4.69) is 19.1 Å². The van der Waals surface area contributed by atoms with Gasteiger partial charge in [0.1, 0.15) is 0 Å². The maximum Gasteiger partial charge on any atom is 0.0912 e. The van der Waals surface area contributed by atoms with E-state index in [1.807, 2.05) is 12.1 Å². The predicted molar refractivity (Wildman–Crippen MR) is 117 cm³/mol. The van der Waals surface area contributed by atoms with E-state index >= 15 is 0 Å². The summed E-state index contributed by atoms with van der Waals surface area (Å²) >= 11 is 0. The molecule has 0 unspecified atom stereocenters. The molecule has 0 amide bonds. The summed E-state index contributed by atoms with van der Waals surface area (Å²) in [6, 6.07) is 2.05. The lowest BCUT2D eigenvalue weighted by Crippen LogP contribution is -2.15. The summed E-state index contributed by atoms with van der Waals surface area (Å²) in [6.45, 7) is 2.32. The van der Waals surface area contributed by atoms with E-state index in [1.165, 1.54) is 103 Å². The second kappa shape index (κ2) is 14.0. The molecule has 0 spiro atoms. The summed E-state index contributed by atoms with van der Waals surface area (Å²) in [5.41, 5.74) is 0. The van der Waals surface area contributed by atoms with Crippen molar-refractivity contribution in [3.05, 3.63) is 24.3 Å². The van der Waals surface area contributed by atoms with Crippen LogP contribution in [0.15, 0.2) is 24.3 Å². The smallest absolute Gasteiger partial charge is 0.0912 e. The monoisotopic (exact) mass is 369 g/mol. The van der Waals surface area contributed by atoms with Gasteiger partial charge in [0.15, 0.2) is 0 Å². The van der Waals surface area contributed by atoms with Gasteiger partial charge in [0.05, 0.1) is 6.07 Å². The molecule has 0 heterocycles.